The zero-order valence-corrected chi connectivity index (χ0v) is 20.7. The monoisotopic (exact) mass is 468 g/mol. The van der Waals surface area contributed by atoms with E-state index in [-0.39, 0.29) is 5.82 Å². The third-order valence-electron chi connectivity index (χ3n) is 6.44. The van der Waals surface area contributed by atoms with Crippen molar-refractivity contribution in [3.8, 4) is 11.3 Å². The largest absolute Gasteiger partial charge is 0.455 e. The first kappa shape index (κ1) is 21.2. The van der Waals surface area contributed by atoms with Crippen molar-refractivity contribution in [1.82, 2.24) is 10.2 Å². The van der Waals surface area contributed by atoms with Crippen LogP contribution in [0.15, 0.2) is 46.9 Å². The van der Waals surface area contributed by atoms with Gasteiger partial charge in [-0.1, -0.05) is 26.0 Å². The SMILES string of the molecule is Cc1cc(F)c2c(c1)oc1c(-c3nnc(C)c4c3sc3cc(CC(C)C)ccc34)cc(C)cc12. The second-order valence-corrected chi connectivity index (χ2v) is 10.8. The first-order chi connectivity index (χ1) is 16.3. The number of rotatable bonds is 3. The van der Waals surface area contributed by atoms with E-state index in [1.54, 1.807) is 17.4 Å². The Morgan fingerprint density at radius 1 is 0.912 bits per heavy atom. The summed E-state index contributed by atoms with van der Waals surface area (Å²) in [5.41, 5.74) is 6.98. The van der Waals surface area contributed by atoms with Gasteiger partial charge in [0.15, 0.2) is 0 Å². The number of thiophene rings is 1. The van der Waals surface area contributed by atoms with Crippen molar-refractivity contribution >= 4 is 53.4 Å². The Bertz CT molecular complexity index is 1760. The van der Waals surface area contributed by atoms with Gasteiger partial charge in [0.2, 0.25) is 0 Å². The Hall–Kier alpha value is -3.31. The molecular formula is C29H25FN2OS. The van der Waals surface area contributed by atoms with Crippen molar-refractivity contribution in [2.75, 3.05) is 0 Å². The molecule has 34 heavy (non-hydrogen) atoms. The Balaban J connectivity index is 1.68. The van der Waals surface area contributed by atoms with Gasteiger partial charge in [-0.2, -0.15) is 5.10 Å². The van der Waals surface area contributed by atoms with Gasteiger partial charge in [0.25, 0.3) is 0 Å². The Kier molecular flexibility index (Phi) is 4.75. The maximum absolute atomic E-state index is 15.0. The fourth-order valence-corrected chi connectivity index (χ4v) is 6.39. The Labute approximate surface area is 201 Å². The molecule has 170 valence electrons. The lowest BCUT2D eigenvalue weighted by Gasteiger charge is -2.06. The van der Waals surface area contributed by atoms with E-state index in [0.717, 1.165) is 50.0 Å². The molecule has 0 spiro atoms. The van der Waals surface area contributed by atoms with Crippen LogP contribution >= 0.6 is 11.3 Å². The number of hydrogen-bond donors (Lipinski definition) is 0. The summed E-state index contributed by atoms with van der Waals surface area (Å²) >= 11 is 1.75. The number of hydrogen-bond acceptors (Lipinski definition) is 4. The van der Waals surface area contributed by atoms with Crippen molar-refractivity contribution in [2.24, 2.45) is 5.92 Å². The molecule has 0 unspecified atom stereocenters. The molecule has 5 heteroatoms. The van der Waals surface area contributed by atoms with Crippen molar-refractivity contribution in [3.63, 3.8) is 0 Å². The van der Waals surface area contributed by atoms with Crippen molar-refractivity contribution in [1.29, 1.82) is 0 Å². The topological polar surface area (TPSA) is 38.9 Å². The van der Waals surface area contributed by atoms with Gasteiger partial charge in [0.05, 0.1) is 15.8 Å². The van der Waals surface area contributed by atoms with E-state index < -0.39 is 0 Å². The average Bonchev–Trinajstić information content (AvgIpc) is 3.31. The lowest BCUT2D eigenvalue weighted by Crippen LogP contribution is -1.93. The molecule has 0 fully saturated rings. The standard InChI is InChI=1S/C29H25FN2OS/c1-14(2)8-18-6-7-19-24(13-18)34-29-25(19)17(5)31-32-27(29)21-10-15(3)9-20-26-22(30)11-16(4)12-23(26)33-28(20)21/h6-7,9-14H,8H2,1-5H3. The fourth-order valence-electron chi connectivity index (χ4n) is 5.07. The van der Waals surface area contributed by atoms with Crippen LogP contribution in [0.3, 0.4) is 0 Å². The van der Waals surface area contributed by atoms with Crippen molar-refractivity contribution in [2.45, 2.75) is 41.0 Å². The minimum Gasteiger partial charge on any atom is -0.455 e. The second-order valence-electron chi connectivity index (χ2n) is 9.78. The minimum atomic E-state index is -0.259. The lowest BCUT2D eigenvalue weighted by atomic mass is 10.00. The molecule has 0 aliphatic rings. The molecule has 0 N–H and O–H groups in total. The van der Waals surface area contributed by atoms with E-state index in [2.05, 4.69) is 48.3 Å². The minimum absolute atomic E-state index is 0.259. The zero-order valence-electron chi connectivity index (χ0n) is 19.9. The maximum atomic E-state index is 15.0. The molecule has 0 aliphatic carbocycles. The van der Waals surface area contributed by atoms with E-state index in [9.17, 15) is 4.39 Å². The molecule has 0 bridgehead atoms. The third-order valence-corrected chi connectivity index (χ3v) is 7.60. The fraction of sp³-hybridized carbons (Fsp3) is 0.241. The normalized spacial score (nSPS) is 12.2. The molecule has 0 radical (unpaired) electrons. The third kappa shape index (κ3) is 3.22. The number of aromatic nitrogens is 2. The number of aryl methyl sites for hydroxylation is 3. The van der Waals surface area contributed by atoms with Crippen LogP contribution in [0.1, 0.15) is 36.2 Å². The van der Waals surface area contributed by atoms with Crippen LogP contribution in [0, 0.1) is 32.5 Å². The molecule has 3 aromatic carbocycles. The number of furan rings is 1. The van der Waals surface area contributed by atoms with Gasteiger partial charge in [0.1, 0.15) is 22.7 Å². The maximum Gasteiger partial charge on any atom is 0.145 e. The van der Waals surface area contributed by atoms with E-state index in [1.165, 1.54) is 15.6 Å². The molecule has 0 atom stereocenters. The number of halogens is 1. The molecule has 3 nitrogen and oxygen atoms in total. The number of fused-ring (bicyclic) bond motifs is 6. The summed E-state index contributed by atoms with van der Waals surface area (Å²) < 4.78 is 23.6. The average molecular weight is 469 g/mol. The van der Waals surface area contributed by atoms with Gasteiger partial charge in [0, 0.05) is 26.4 Å². The highest BCUT2D eigenvalue weighted by atomic mass is 32.1. The molecule has 0 saturated carbocycles. The van der Waals surface area contributed by atoms with Gasteiger partial charge < -0.3 is 4.42 Å². The predicted octanol–water partition coefficient (Wildman–Crippen LogP) is 8.67. The molecule has 0 amide bonds. The Morgan fingerprint density at radius 2 is 1.71 bits per heavy atom. The second kappa shape index (κ2) is 7.60. The summed E-state index contributed by atoms with van der Waals surface area (Å²) in [5.74, 6) is 0.343. The van der Waals surface area contributed by atoms with Crippen LogP contribution in [0.25, 0.3) is 53.4 Å². The lowest BCUT2D eigenvalue weighted by molar-refractivity contribution is 0.632. The summed E-state index contributed by atoms with van der Waals surface area (Å²) in [6, 6.07) is 14.3. The van der Waals surface area contributed by atoms with Gasteiger partial charge in [-0.05, 0) is 80.1 Å². The van der Waals surface area contributed by atoms with Crippen LogP contribution in [0.2, 0.25) is 0 Å². The molecule has 0 aliphatic heterocycles. The van der Waals surface area contributed by atoms with Crippen LogP contribution in [-0.4, -0.2) is 10.2 Å². The zero-order chi connectivity index (χ0) is 23.7. The molecule has 3 aromatic heterocycles. The van der Waals surface area contributed by atoms with Crippen molar-refractivity contribution in [3.05, 3.63) is 70.7 Å². The van der Waals surface area contributed by atoms with Crippen molar-refractivity contribution < 1.29 is 8.81 Å². The van der Waals surface area contributed by atoms with Crippen LogP contribution in [-0.2, 0) is 6.42 Å². The van der Waals surface area contributed by atoms with E-state index in [0.29, 0.717) is 22.5 Å². The van der Waals surface area contributed by atoms with Gasteiger partial charge >= 0.3 is 0 Å². The molecule has 0 saturated heterocycles. The van der Waals surface area contributed by atoms with Gasteiger partial charge in [-0.3, -0.25) is 0 Å². The molecule has 6 rings (SSSR count). The molecule has 6 aromatic rings. The highest BCUT2D eigenvalue weighted by Gasteiger charge is 2.21. The molecule has 3 heterocycles. The molecular weight excluding hydrogens is 443 g/mol. The quantitative estimate of drug-likeness (QED) is 0.261. The van der Waals surface area contributed by atoms with E-state index in [4.69, 9.17) is 4.42 Å². The summed E-state index contributed by atoms with van der Waals surface area (Å²) in [6.07, 6.45) is 1.05. The van der Waals surface area contributed by atoms with E-state index in [1.807, 2.05) is 32.9 Å². The predicted molar refractivity (Wildman–Crippen MR) is 140 cm³/mol. The summed E-state index contributed by atoms with van der Waals surface area (Å²) in [7, 11) is 0. The Morgan fingerprint density at radius 3 is 2.50 bits per heavy atom. The summed E-state index contributed by atoms with van der Waals surface area (Å²) in [5, 5.41) is 12.8. The van der Waals surface area contributed by atoms with E-state index >= 15 is 0 Å². The number of benzene rings is 3. The van der Waals surface area contributed by atoms with Gasteiger partial charge in [-0.25, -0.2) is 4.39 Å². The summed E-state index contributed by atoms with van der Waals surface area (Å²) in [6.45, 7) is 10.4. The number of nitrogens with zero attached hydrogens (tertiary/aromatic N) is 2. The smallest absolute Gasteiger partial charge is 0.145 e. The summed E-state index contributed by atoms with van der Waals surface area (Å²) in [4.78, 5) is 0. The highest BCUT2D eigenvalue weighted by molar-refractivity contribution is 7.26. The first-order valence-corrected chi connectivity index (χ1v) is 12.4. The van der Waals surface area contributed by atoms with Gasteiger partial charge in [-0.15, -0.1) is 16.4 Å². The first-order valence-electron chi connectivity index (χ1n) is 11.6. The highest BCUT2D eigenvalue weighted by Crippen LogP contribution is 2.44. The van der Waals surface area contributed by atoms with Crippen LogP contribution < -0.4 is 0 Å². The van der Waals surface area contributed by atoms with Crippen LogP contribution in [0.4, 0.5) is 4.39 Å². The van der Waals surface area contributed by atoms with Crippen LogP contribution in [0.5, 0.6) is 0 Å².